The average molecular weight is 494 g/mol. The van der Waals surface area contributed by atoms with Crippen molar-refractivity contribution in [3.63, 3.8) is 0 Å². The van der Waals surface area contributed by atoms with Gasteiger partial charge in [0.25, 0.3) is 5.91 Å². The Labute approximate surface area is 205 Å². The van der Waals surface area contributed by atoms with E-state index in [2.05, 4.69) is 11.4 Å². The molecule has 0 spiro atoms. The molecular formula is C26H27N3O5S. The van der Waals surface area contributed by atoms with Crippen LogP contribution in [0.2, 0.25) is 0 Å². The lowest BCUT2D eigenvalue weighted by atomic mass is 10.0. The van der Waals surface area contributed by atoms with Gasteiger partial charge < -0.3 is 10.1 Å². The van der Waals surface area contributed by atoms with E-state index in [4.69, 9.17) is 10.00 Å². The van der Waals surface area contributed by atoms with Crippen LogP contribution in [0.15, 0.2) is 65.6 Å². The number of rotatable bonds is 10. The smallest absolute Gasteiger partial charge is 0.321 e. The maximum Gasteiger partial charge on any atom is 0.321 e. The van der Waals surface area contributed by atoms with Crippen LogP contribution in [-0.2, 0) is 26.1 Å². The third kappa shape index (κ3) is 6.23. The lowest BCUT2D eigenvalue weighted by Crippen LogP contribution is -2.37. The van der Waals surface area contributed by atoms with Crippen LogP contribution in [0.3, 0.4) is 0 Å². The van der Waals surface area contributed by atoms with Crippen LogP contribution in [0.4, 0.5) is 0 Å². The van der Waals surface area contributed by atoms with Crippen molar-refractivity contribution in [1.29, 1.82) is 5.26 Å². The molecule has 0 atom stereocenters. The zero-order chi connectivity index (χ0) is 25.4. The number of hydrogen-bond donors (Lipinski definition) is 1. The molecule has 0 bridgehead atoms. The first-order valence-electron chi connectivity index (χ1n) is 11.3. The van der Waals surface area contributed by atoms with Crippen LogP contribution < -0.4 is 5.32 Å². The first-order valence-corrected chi connectivity index (χ1v) is 12.7. The largest absolute Gasteiger partial charge is 0.465 e. The lowest BCUT2D eigenvalue weighted by molar-refractivity contribution is -0.143. The van der Waals surface area contributed by atoms with Crippen LogP contribution in [-0.4, -0.2) is 44.3 Å². The van der Waals surface area contributed by atoms with Gasteiger partial charge in [0.15, 0.2) is 0 Å². The summed E-state index contributed by atoms with van der Waals surface area (Å²) < 4.78 is 32.5. The van der Waals surface area contributed by atoms with E-state index < -0.39 is 16.0 Å². The number of fused-ring (bicyclic) bond motifs is 1. The summed E-state index contributed by atoms with van der Waals surface area (Å²) in [6.45, 7) is 3.77. The summed E-state index contributed by atoms with van der Waals surface area (Å²) >= 11 is 0. The van der Waals surface area contributed by atoms with Gasteiger partial charge in [0, 0.05) is 18.7 Å². The number of benzene rings is 3. The second kappa shape index (κ2) is 11.6. The van der Waals surface area contributed by atoms with Crippen molar-refractivity contribution in [1.82, 2.24) is 9.62 Å². The van der Waals surface area contributed by atoms with Gasteiger partial charge in [-0.2, -0.15) is 9.57 Å². The summed E-state index contributed by atoms with van der Waals surface area (Å²) in [5.41, 5.74) is 1.81. The van der Waals surface area contributed by atoms with E-state index >= 15 is 0 Å². The normalized spacial score (nSPS) is 11.3. The predicted molar refractivity (Wildman–Crippen MR) is 132 cm³/mol. The van der Waals surface area contributed by atoms with Gasteiger partial charge >= 0.3 is 5.97 Å². The summed E-state index contributed by atoms with van der Waals surface area (Å²) in [5, 5.41) is 13.0. The van der Waals surface area contributed by atoms with Crippen LogP contribution >= 0.6 is 0 Å². The van der Waals surface area contributed by atoms with E-state index in [9.17, 15) is 18.0 Å². The van der Waals surface area contributed by atoms with Gasteiger partial charge in [-0.05, 0) is 60.0 Å². The van der Waals surface area contributed by atoms with Crippen LogP contribution in [0.5, 0.6) is 0 Å². The third-order valence-corrected chi connectivity index (χ3v) is 7.20. The lowest BCUT2D eigenvalue weighted by Gasteiger charge is -2.21. The average Bonchev–Trinajstić information content (AvgIpc) is 2.86. The maximum absolute atomic E-state index is 13.2. The second-order valence-corrected chi connectivity index (χ2v) is 9.76. The molecule has 0 aliphatic heterocycles. The first kappa shape index (κ1) is 25.9. The first-order chi connectivity index (χ1) is 16.8. The van der Waals surface area contributed by atoms with Gasteiger partial charge in [0.1, 0.15) is 6.54 Å². The predicted octanol–water partition coefficient (Wildman–Crippen LogP) is 3.61. The highest BCUT2D eigenvalue weighted by molar-refractivity contribution is 7.89. The maximum atomic E-state index is 13.2. The minimum atomic E-state index is -3.94. The number of sulfonamides is 1. The van der Waals surface area contributed by atoms with Crippen molar-refractivity contribution in [3.8, 4) is 6.07 Å². The van der Waals surface area contributed by atoms with E-state index in [0.717, 1.165) is 9.87 Å². The Morgan fingerprint density at radius 1 is 1.06 bits per heavy atom. The summed E-state index contributed by atoms with van der Waals surface area (Å²) in [4.78, 5) is 24.9. The van der Waals surface area contributed by atoms with Gasteiger partial charge in [-0.3, -0.25) is 9.59 Å². The molecule has 0 saturated carbocycles. The fraction of sp³-hybridized carbons (Fsp3) is 0.269. The summed E-state index contributed by atoms with van der Waals surface area (Å²) in [6, 6.07) is 18.6. The SMILES string of the molecule is CCCN(CC(=O)OCC)S(=O)(=O)c1ccc2c(C(=O)NCc3ccc(C#N)cc3)cccc2c1. The molecule has 0 saturated heterocycles. The van der Waals surface area contributed by atoms with Crippen LogP contribution in [0, 0.1) is 11.3 Å². The van der Waals surface area contributed by atoms with Gasteiger partial charge in [0.05, 0.1) is 23.1 Å². The van der Waals surface area contributed by atoms with Crippen molar-refractivity contribution >= 4 is 32.7 Å². The minimum Gasteiger partial charge on any atom is -0.465 e. The number of nitriles is 1. The highest BCUT2D eigenvalue weighted by atomic mass is 32.2. The fourth-order valence-electron chi connectivity index (χ4n) is 3.63. The molecule has 1 amide bonds. The summed E-state index contributed by atoms with van der Waals surface area (Å²) in [6.07, 6.45) is 0.537. The highest BCUT2D eigenvalue weighted by Crippen LogP contribution is 2.25. The number of nitrogens with one attached hydrogen (secondary N) is 1. The molecule has 0 aliphatic rings. The molecule has 182 valence electrons. The Hall–Kier alpha value is -3.74. The van der Waals surface area contributed by atoms with E-state index in [1.54, 1.807) is 55.5 Å². The molecule has 3 aromatic carbocycles. The fourth-order valence-corrected chi connectivity index (χ4v) is 5.14. The summed E-state index contributed by atoms with van der Waals surface area (Å²) in [5.74, 6) is -0.906. The molecule has 0 unspecified atom stereocenters. The van der Waals surface area contributed by atoms with E-state index in [0.29, 0.717) is 28.3 Å². The molecule has 8 nitrogen and oxygen atoms in total. The van der Waals surface area contributed by atoms with Gasteiger partial charge in [0.2, 0.25) is 10.0 Å². The Bertz CT molecular complexity index is 1360. The van der Waals surface area contributed by atoms with Crippen LogP contribution in [0.25, 0.3) is 10.8 Å². The number of esters is 1. The number of carbonyl (C=O) groups is 2. The van der Waals surface area contributed by atoms with E-state index in [1.807, 2.05) is 6.92 Å². The van der Waals surface area contributed by atoms with Gasteiger partial charge in [-0.1, -0.05) is 37.3 Å². The molecule has 0 aliphatic carbocycles. The molecule has 3 aromatic rings. The quantitative estimate of drug-likeness (QED) is 0.431. The number of carbonyl (C=O) groups excluding carboxylic acids is 2. The molecule has 1 N–H and O–H groups in total. The van der Waals surface area contributed by atoms with Crippen molar-refractivity contribution in [2.24, 2.45) is 0 Å². The highest BCUT2D eigenvalue weighted by Gasteiger charge is 2.27. The van der Waals surface area contributed by atoms with E-state index in [1.165, 1.54) is 12.1 Å². The van der Waals surface area contributed by atoms with Crippen molar-refractivity contribution in [2.45, 2.75) is 31.7 Å². The van der Waals surface area contributed by atoms with Crippen LogP contribution in [0.1, 0.15) is 41.8 Å². The Kier molecular flexibility index (Phi) is 8.58. The molecule has 3 rings (SSSR count). The monoisotopic (exact) mass is 493 g/mol. The molecule has 9 heteroatoms. The van der Waals surface area contributed by atoms with Crippen molar-refractivity contribution in [2.75, 3.05) is 19.7 Å². The molecule has 0 radical (unpaired) electrons. The molecule has 0 fully saturated rings. The van der Waals surface area contributed by atoms with Gasteiger partial charge in [-0.15, -0.1) is 0 Å². The van der Waals surface area contributed by atoms with Gasteiger partial charge in [-0.25, -0.2) is 8.42 Å². The number of hydrogen-bond acceptors (Lipinski definition) is 6. The Morgan fingerprint density at radius 2 is 1.80 bits per heavy atom. The van der Waals surface area contributed by atoms with E-state index in [-0.39, 0.29) is 37.0 Å². The molecule has 0 aromatic heterocycles. The zero-order valence-corrected chi connectivity index (χ0v) is 20.5. The topological polar surface area (TPSA) is 117 Å². The molecule has 35 heavy (non-hydrogen) atoms. The third-order valence-electron chi connectivity index (χ3n) is 5.35. The minimum absolute atomic E-state index is 0.0397. The number of amides is 1. The molecular weight excluding hydrogens is 466 g/mol. The Morgan fingerprint density at radius 3 is 2.46 bits per heavy atom. The standard InChI is InChI=1S/C26H27N3O5S/c1-3-14-29(18-25(30)34-4-2)35(32,33)22-12-13-23-21(15-22)6-5-7-24(23)26(31)28-17-20-10-8-19(16-27)9-11-20/h5-13,15H,3-4,14,17-18H2,1-2H3,(H,28,31). The Balaban J connectivity index is 1.84. The number of nitrogens with zero attached hydrogens (tertiary/aromatic N) is 2. The van der Waals surface area contributed by atoms with Crippen molar-refractivity contribution < 1.29 is 22.7 Å². The zero-order valence-electron chi connectivity index (χ0n) is 19.7. The summed E-state index contributed by atoms with van der Waals surface area (Å²) in [7, 11) is -3.94. The molecule has 0 heterocycles. The second-order valence-electron chi connectivity index (χ2n) is 7.82. The van der Waals surface area contributed by atoms with Crippen molar-refractivity contribution in [3.05, 3.63) is 77.4 Å². The number of ether oxygens (including phenoxy) is 1.